The number of anilines is 1. The number of hydrogen-bond donors (Lipinski definition) is 1. The minimum Gasteiger partial charge on any atom is -0.481 e. The Balaban J connectivity index is 2.13. The molecule has 1 N–H and O–H groups in total. The van der Waals surface area contributed by atoms with E-state index in [9.17, 15) is 4.79 Å². The van der Waals surface area contributed by atoms with Crippen LogP contribution in [-0.4, -0.2) is 48.2 Å². The Kier molecular flexibility index (Phi) is 3.87. The van der Waals surface area contributed by atoms with Gasteiger partial charge in [-0.3, -0.25) is 9.69 Å². The van der Waals surface area contributed by atoms with E-state index in [1.807, 2.05) is 25.2 Å². The number of rotatable bonds is 3. The molecular formula is C14H20N2O2. The molecule has 1 aromatic carbocycles. The molecule has 0 bridgehead atoms. The van der Waals surface area contributed by atoms with Crippen LogP contribution in [0.3, 0.4) is 0 Å². The fourth-order valence-corrected chi connectivity index (χ4v) is 2.61. The van der Waals surface area contributed by atoms with Crippen LogP contribution in [0, 0.1) is 0 Å². The minimum absolute atomic E-state index is 0.0823. The predicted molar refractivity (Wildman–Crippen MR) is 71.9 cm³/mol. The number of likely N-dealkylation sites (N-methyl/N-ethyl adjacent to an activating group) is 1. The molecule has 2 unspecified atom stereocenters. The van der Waals surface area contributed by atoms with Gasteiger partial charge >= 0.3 is 5.97 Å². The molecule has 2 rings (SSSR count). The van der Waals surface area contributed by atoms with Crippen LogP contribution in [-0.2, 0) is 4.79 Å². The lowest BCUT2D eigenvalue weighted by Gasteiger charge is -2.44. The maximum Gasteiger partial charge on any atom is 0.305 e. The average molecular weight is 248 g/mol. The summed E-state index contributed by atoms with van der Waals surface area (Å²) in [5.41, 5.74) is 1.17. The van der Waals surface area contributed by atoms with Crippen LogP contribution in [0.15, 0.2) is 30.3 Å². The molecule has 98 valence electrons. The Hall–Kier alpha value is -1.55. The summed E-state index contributed by atoms with van der Waals surface area (Å²) in [6, 6.07) is 10.7. The molecule has 1 aliphatic heterocycles. The fraction of sp³-hybridized carbons (Fsp3) is 0.500. The summed E-state index contributed by atoms with van der Waals surface area (Å²) in [5.74, 6) is -0.727. The lowest BCUT2D eigenvalue weighted by atomic mass is 10.0. The van der Waals surface area contributed by atoms with Gasteiger partial charge in [-0.2, -0.15) is 0 Å². The van der Waals surface area contributed by atoms with E-state index in [2.05, 4.69) is 28.9 Å². The zero-order valence-electron chi connectivity index (χ0n) is 10.9. The van der Waals surface area contributed by atoms with Gasteiger partial charge in [0, 0.05) is 30.9 Å². The van der Waals surface area contributed by atoms with Crippen molar-refractivity contribution in [1.82, 2.24) is 4.90 Å². The number of hydrogen-bond acceptors (Lipinski definition) is 3. The number of piperazine rings is 1. The Morgan fingerprint density at radius 1 is 1.33 bits per heavy atom. The van der Waals surface area contributed by atoms with E-state index in [0.717, 1.165) is 13.1 Å². The Labute approximate surface area is 108 Å². The second-order valence-electron chi connectivity index (χ2n) is 5.03. The highest BCUT2D eigenvalue weighted by Crippen LogP contribution is 2.23. The minimum atomic E-state index is -0.727. The standard InChI is InChI=1S/C14H20N2O2/c1-11-9-15(2)13(8-14(17)18)10-16(11)12-6-4-3-5-7-12/h3-7,11,13H,8-10H2,1-2H3,(H,17,18). The Bertz CT molecular complexity index is 408. The molecule has 1 fully saturated rings. The van der Waals surface area contributed by atoms with Crippen molar-refractivity contribution in [2.75, 3.05) is 25.0 Å². The molecule has 1 aliphatic rings. The number of benzene rings is 1. The monoisotopic (exact) mass is 248 g/mol. The average Bonchev–Trinajstić information content (AvgIpc) is 2.33. The Morgan fingerprint density at radius 3 is 2.61 bits per heavy atom. The van der Waals surface area contributed by atoms with E-state index in [1.165, 1.54) is 5.69 Å². The van der Waals surface area contributed by atoms with Gasteiger partial charge in [0.2, 0.25) is 0 Å². The summed E-state index contributed by atoms with van der Waals surface area (Å²) in [4.78, 5) is 15.3. The quantitative estimate of drug-likeness (QED) is 0.883. The highest BCUT2D eigenvalue weighted by atomic mass is 16.4. The first kappa shape index (κ1) is 12.9. The molecule has 0 radical (unpaired) electrons. The van der Waals surface area contributed by atoms with E-state index in [4.69, 9.17) is 5.11 Å². The summed E-state index contributed by atoms with van der Waals surface area (Å²) in [5, 5.41) is 8.96. The molecule has 1 heterocycles. The van der Waals surface area contributed by atoms with Crippen LogP contribution in [0.1, 0.15) is 13.3 Å². The maximum atomic E-state index is 10.9. The molecule has 0 aromatic heterocycles. The number of carbonyl (C=O) groups is 1. The van der Waals surface area contributed by atoms with Crippen LogP contribution in [0.25, 0.3) is 0 Å². The first-order chi connectivity index (χ1) is 8.58. The van der Waals surface area contributed by atoms with Gasteiger partial charge in [0.05, 0.1) is 6.42 Å². The summed E-state index contributed by atoms with van der Waals surface area (Å²) >= 11 is 0. The van der Waals surface area contributed by atoms with Crippen molar-refractivity contribution < 1.29 is 9.90 Å². The molecule has 1 aromatic rings. The molecule has 4 nitrogen and oxygen atoms in total. The van der Waals surface area contributed by atoms with Crippen molar-refractivity contribution in [2.45, 2.75) is 25.4 Å². The van der Waals surface area contributed by atoms with E-state index in [1.54, 1.807) is 0 Å². The zero-order chi connectivity index (χ0) is 13.1. The highest BCUT2D eigenvalue weighted by molar-refractivity contribution is 5.67. The van der Waals surface area contributed by atoms with Crippen LogP contribution in [0.2, 0.25) is 0 Å². The number of nitrogens with zero attached hydrogens (tertiary/aromatic N) is 2. The summed E-state index contributed by atoms with van der Waals surface area (Å²) < 4.78 is 0. The Morgan fingerprint density at radius 2 is 2.00 bits per heavy atom. The maximum absolute atomic E-state index is 10.9. The number of carboxylic acids is 1. The number of aliphatic carboxylic acids is 1. The zero-order valence-corrected chi connectivity index (χ0v) is 10.9. The van der Waals surface area contributed by atoms with E-state index < -0.39 is 5.97 Å². The molecule has 2 atom stereocenters. The molecule has 0 spiro atoms. The van der Waals surface area contributed by atoms with Crippen LogP contribution >= 0.6 is 0 Å². The number of para-hydroxylation sites is 1. The topological polar surface area (TPSA) is 43.8 Å². The first-order valence-corrected chi connectivity index (χ1v) is 6.31. The predicted octanol–water partition coefficient (Wildman–Crippen LogP) is 1.67. The van der Waals surface area contributed by atoms with Gasteiger partial charge < -0.3 is 10.0 Å². The summed E-state index contributed by atoms with van der Waals surface area (Å²) in [7, 11) is 2.01. The van der Waals surface area contributed by atoms with Gasteiger partial charge in [0.15, 0.2) is 0 Å². The van der Waals surface area contributed by atoms with Gasteiger partial charge in [-0.25, -0.2) is 0 Å². The van der Waals surface area contributed by atoms with Gasteiger partial charge in [-0.1, -0.05) is 18.2 Å². The van der Waals surface area contributed by atoms with E-state index >= 15 is 0 Å². The van der Waals surface area contributed by atoms with Gasteiger partial charge in [-0.15, -0.1) is 0 Å². The molecule has 0 aliphatic carbocycles. The molecule has 4 heteroatoms. The second-order valence-corrected chi connectivity index (χ2v) is 5.03. The normalized spacial score (nSPS) is 25.1. The van der Waals surface area contributed by atoms with Gasteiger partial charge in [0.25, 0.3) is 0 Å². The molecule has 18 heavy (non-hydrogen) atoms. The second kappa shape index (κ2) is 5.40. The van der Waals surface area contributed by atoms with E-state index in [-0.39, 0.29) is 12.5 Å². The van der Waals surface area contributed by atoms with Crippen molar-refractivity contribution in [1.29, 1.82) is 0 Å². The van der Waals surface area contributed by atoms with Crippen molar-refractivity contribution >= 4 is 11.7 Å². The van der Waals surface area contributed by atoms with Crippen LogP contribution in [0.4, 0.5) is 5.69 Å². The molecule has 1 saturated heterocycles. The van der Waals surface area contributed by atoms with Crippen molar-refractivity contribution in [3.8, 4) is 0 Å². The molecular weight excluding hydrogens is 228 g/mol. The van der Waals surface area contributed by atoms with Gasteiger partial charge in [-0.05, 0) is 26.1 Å². The third kappa shape index (κ3) is 2.82. The number of carboxylic acid groups (broad SMARTS) is 1. The highest BCUT2D eigenvalue weighted by Gasteiger charge is 2.30. The van der Waals surface area contributed by atoms with Crippen molar-refractivity contribution in [2.24, 2.45) is 0 Å². The third-order valence-electron chi connectivity index (χ3n) is 3.61. The van der Waals surface area contributed by atoms with Crippen molar-refractivity contribution in [3.63, 3.8) is 0 Å². The van der Waals surface area contributed by atoms with Crippen molar-refractivity contribution in [3.05, 3.63) is 30.3 Å². The molecule has 0 amide bonds. The first-order valence-electron chi connectivity index (χ1n) is 6.31. The fourth-order valence-electron chi connectivity index (χ4n) is 2.61. The largest absolute Gasteiger partial charge is 0.481 e. The van der Waals surface area contributed by atoms with E-state index in [0.29, 0.717) is 6.04 Å². The lowest BCUT2D eigenvalue weighted by molar-refractivity contribution is -0.138. The molecule has 0 saturated carbocycles. The van der Waals surface area contributed by atoms with Gasteiger partial charge in [0.1, 0.15) is 0 Å². The summed E-state index contributed by atoms with van der Waals surface area (Å²) in [6.07, 6.45) is 0.201. The summed E-state index contributed by atoms with van der Waals surface area (Å²) in [6.45, 7) is 3.85. The lowest BCUT2D eigenvalue weighted by Crippen LogP contribution is -2.56. The smallest absolute Gasteiger partial charge is 0.305 e. The van der Waals surface area contributed by atoms with Crippen LogP contribution < -0.4 is 4.90 Å². The SMILES string of the molecule is CC1CN(C)C(CC(=O)O)CN1c1ccccc1. The van der Waals surface area contributed by atoms with Crippen LogP contribution in [0.5, 0.6) is 0 Å². The third-order valence-corrected chi connectivity index (χ3v) is 3.61.